The minimum Gasteiger partial charge on any atom is -0.498 e. The molecule has 1 unspecified atom stereocenters. The van der Waals surface area contributed by atoms with Gasteiger partial charge in [-0.1, -0.05) is 120 Å². The molecule has 0 bridgehead atoms. The number of hydrogen-bond acceptors (Lipinski definition) is 6. The van der Waals surface area contributed by atoms with Gasteiger partial charge in [-0.2, -0.15) is 0 Å². The van der Waals surface area contributed by atoms with Crippen molar-refractivity contribution < 1.29 is 37.3 Å². The second-order valence-corrected chi connectivity index (χ2v) is 16.5. The van der Waals surface area contributed by atoms with E-state index < -0.39 is 13.9 Å². The number of phosphoric acid groups is 1. The van der Waals surface area contributed by atoms with Crippen molar-refractivity contribution in [3.63, 3.8) is 0 Å². The smallest absolute Gasteiger partial charge is 0.472 e. The minimum absolute atomic E-state index is 0.0249. The van der Waals surface area contributed by atoms with Crippen molar-refractivity contribution in [2.24, 2.45) is 0 Å². The Balaban J connectivity index is 4.42. The molecular formula is C44H81NO7P+. The van der Waals surface area contributed by atoms with Crippen LogP contribution in [-0.4, -0.2) is 69.0 Å². The average molecular weight is 767 g/mol. The SMILES string of the molecule is CCCCC/C=C\C/C=C\C/C=C\CCCCC(=O)O[C@H](CO/C=C\CCCCCC/C=C\CCCCCCCC)COP(=O)(O)OCC[N+](C)(C)C. The first-order valence-corrected chi connectivity index (χ1v) is 22.6. The molecule has 0 aliphatic rings. The topological polar surface area (TPSA) is 91.3 Å². The van der Waals surface area contributed by atoms with Gasteiger partial charge in [0.05, 0.1) is 34.0 Å². The zero-order chi connectivity index (χ0) is 39.1. The van der Waals surface area contributed by atoms with Crippen molar-refractivity contribution in [3.05, 3.63) is 60.9 Å². The molecule has 0 rings (SSSR count). The fourth-order valence-corrected chi connectivity index (χ4v) is 6.02. The van der Waals surface area contributed by atoms with Gasteiger partial charge in [0.1, 0.15) is 19.8 Å². The number of ether oxygens (including phenoxy) is 2. The maximum absolute atomic E-state index is 12.6. The molecule has 308 valence electrons. The summed E-state index contributed by atoms with van der Waals surface area (Å²) in [7, 11) is 1.60. The summed E-state index contributed by atoms with van der Waals surface area (Å²) >= 11 is 0. The maximum atomic E-state index is 12.6. The monoisotopic (exact) mass is 767 g/mol. The molecule has 0 aliphatic carbocycles. The minimum atomic E-state index is -4.30. The van der Waals surface area contributed by atoms with E-state index in [1.54, 1.807) is 6.26 Å². The molecule has 9 heteroatoms. The van der Waals surface area contributed by atoms with E-state index in [1.807, 2.05) is 27.2 Å². The number of quaternary nitrogens is 1. The van der Waals surface area contributed by atoms with Crippen molar-refractivity contribution in [3.8, 4) is 0 Å². The third-order valence-electron chi connectivity index (χ3n) is 8.62. The van der Waals surface area contributed by atoms with E-state index >= 15 is 0 Å². The number of likely N-dealkylation sites (N-methyl/N-ethyl adjacent to an activating group) is 1. The predicted octanol–water partition coefficient (Wildman–Crippen LogP) is 12.5. The van der Waals surface area contributed by atoms with Crippen LogP contribution < -0.4 is 0 Å². The third kappa shape index (κ3) is 41.1. The van der Waals surface area contributed by atoms with Gasteiger partial charge in [-0.05, 0) is 89.5 Å². The normalized spacial score (nSPS) is 14.4. The van der Waals surface area contributed by atoms with Crippen LogP contribution in [0.25, 0.3) is 0 Å². The molecular weight excluding hydrogens is 685 g/mol. The lowest BCUT2D eigenvalue weighted by Gasteiger charge is -2.24. The molecule has 0 heterocycles. The molecule has 0 saturated carbocycles. The molecule has 0 aliphatic heterocycles. The third-order valence-corrected chi connectivity index (χ3v) is 9.60. The van der Waals surface area contributed by atoms with E-state index in [4.69, 9.17) is 18.5 Å². The highest BCUT2D eigenvalue weighted by molar-refractivity contribution is 7.47. The van der Waals surface area contributed by atoms with Gasteiger partial charge in [0.25, 0.3) is 0 Å². The predicted molar refractivity (Wildman–Crippen MR) is 224 cm³/mol. The van der Waals surface area contributed by atoms with Crippen molar-refractivity contribution in [1.29, 1.82) is 0 Å². The Morgan fingerprint density at radius 2 is 1.06 bits per heavy atom. The lowest BCUT2D eigenvalue weighted by Crippen LogP contribution is -2.37. The van der Waals surface area contributed by atoms with Crippen molar-refractivity contribution >= 4 is 13.8 Å². The van der Waals surface area contributed by atoms with E-state index in [0.717, 1.165) is 44.9 Å². The molecule has 0 spiro atoms. The fraction of sp³-hybridized carbons (Fsp3) is 0.750. The number of carbonyl (C=O) groups is 1. The number of allylic oxidation sites excluding steroid dienone is 9. The number of carbonyl (C=O) groups excluding carboxylic acids is 1. The van der Waals surface area contributed by atoms with Gasteiger partial charge in [0, 0.05) is 6.42 Å². The molecule has 8 nitrogen and oxygen atoms in total. The van der Waals surface area contributed by atoms with Crippen LogP contribution in [0.2, 0.25) is 0 Å². The second-order valence-electron chi connectivity index (χ2n) is 15.1. The van der Waals surface area contributed by atoms with Crippen molar-refractivity contribution in [2.75, 3.05) is 47.5 Å². The summed E-state index contributed by atoms with van der Waals surface area (Å²) in [6, 6.07) is 0. The molecule has 0 amide bonds. The van der Waals surface area contributed by atoms with Crippen molar-refractivity contribution in [2.45, 2.75) is 168 Å². The quantitative estimate of drug-likeness (QED) is 0.0167. The Labute approximate surface area is 326 Å². The summed E-state index contributed by atoms with van der Waals surface area (Å²) in [6.45, 7) is 4.82. The maximum Gasteiger partial charge on any atom is 0.472 e. The van der Waals surface area contributed by atoms with Gasteiger partial charge < -0.3 is 18.9 Å². The lowest BCUT2D eigenvalue weighted by atomic mass is 10.1. The van der Waals surface area contributed by atoms with Crippen LogP contribution in [-0.2, 0) is 27.9 Å². The van der Waals surface area contributed by atoms with Crippen LogP contribution >= 0.6 is 7.82 Å². The van der Waals surface area contributed by atoms with Gasteiger partial charge in [-0.3, -0.25) is 13.8 Å². The van der Waals surface area contributed by atoms with E-state index in [2.05, 4.69) is 62.5 Å². The summed E-state index contributed by atoms with van der Waals surface area (Å²) < 4.78 is 34.6. The number of rotatable bonds is 38. The molecule has 0 fully saturated rings. The lowest BCUT2D eigenvalue weighted by molar-refractivity contribution is -0.870. The summed E-state index contributed by atoms with van der Waals surface area (Å²) in [5, 5.41) is 0. The Kier molecular flexibility index (Phi) is 35.6. The Hall–Kier alpha value is -1.96. The Morgan fingerprint density at radius 3 is 1.62 bits per heavy atom. The molecule has 2 atom stereocenters. The summed E-state index contributed by atoms with van der Waals surface area (Å²) in [6.07, 6.45) is 46.3. The van der Waals surface area contributed by atoms with Gasteiger partial charge in [-0.25, -0.2) is 4.57 Å². The highest BCUT2D eigenvalue weighted by Gasteiger charge is 2.26. The average Bonchev–Trinajstić information content (AvgIpc) is 3.11. The second kappa shape index (κ2) is 37.0. The molecule has 0 radical (unpaired) electrons. The van der Waals surface area contributed by atoms with Crippen LogP contribution in [0.4, 0.5) is 0 Å². The number of hydrogen-bond donors (Lipinski definition) is 1. The van der Waals surface area contributed by atoms with E-state index in [1.165, 1.54) is 89.9 Å². The zero-order valence-electron chi connectivity index (χ0n) is 34.7. The number of nitrogens with zero attached hydrogens (tertiary/aromatic N) is 1. The van der Waals surface area contributed by atoms with Crippen LogP contribution in [0.3, 0.4) is 0 Å². The van der Waals surface area contributed by atoms with Crippen LogP contribution in [0.5, 0.6) is 0 Å². The van der Waals surface area contributed by atoms with Gasteiger partial charge in [-0.15, -0.1) is 0 Å². The number of unbranched alkanes of at least 4 members (excludes halogenated alkanes) is 16. The highest BCUT2D eigenvalue weighted by Crippen LogP contribution is 2.43. The summed E-state index contributed by atoms with van der Waals surface area (Å²) in [4.78, 5) is 22.8. The molecule has 53 heavy (non-hydrogen) atoms. The summed E-state index contributed by atoms with van der Waals surface area (Å²) in [5.41, 5.74) is 0. The van der Waals surface area contributed by atoms with Crippen LogP contribution in [0, 0.1) is 0 Å². The molecule has 1 N–H and O–H groups in total. The van der Waals surface area contributed by atoms with E-state index in [0.29, 0.717) is 17.4 Å². The Bertz CT molecular complexity index is 1030. The van der Waals surface area contributed by atoms with Crippen LogP contribution in [0.15, 0.2) is 60.9 Å². The van der Waals surface area contributed by atoms with Crippen molar-refractivity contribution in [1.82, 2.24) is 0 Å². The molecule has 0 saturated heterocycles. The first-order valence-electron chi connectivity index (χ1n) is 21.1. The first-order chi connectivity index (χ1) is 25.6. The highest BCUT2D eigenvalue weighted by atomic mass is 31.2. The van der Waals surface area contributed by atoms with Gasteiger partial charge in [0.15, 0.2) is 6.10 Å². The Morgan fingerprint density at radius 1 is 0.604 bits per heavy atom. The molecule has 0 aromatic heterocycles. The standard InChI is InChI=1S/C44H80NO7P/c1-6-8-10-12-14-16-18-20-22-24-26-28-30-32-34-36-39-49-41-43(42-51-53(47,48)50-40-38-45(3,4)5)52-44(46)37-35-33-31-29-27-25-23-21-19-17-15-13-11-9-7-2/h15,17,20-23,27,29,36,39,43H,6-14,16,18-19,24-26,28,30-35,37-38,40-42H2,1-5H3/p+1/b17-15-,22-20-,23-21-,29-27-,39-36-/t43-/m1/s1. The fourth-order valence-electron chi connectivity index (χ4n) is 5.28. The van der Waals surface area contributed by atoms with Crippen LogP contribution in [0.1, 0.15) is 162 Å². The largest absolute Gasteiger partial charge is 0.498 e. The summed E-state index contributed by atoms with van der Waals surface area (Å²) in [5.74, 6) is -0.378. The number of esters is 1. The molecule has 0 aromatic carbocycles. The first kappa shape index (κ1) is 51.0. The van der Waals surface area contributed by atoms with E-state index in [9.17, 15) is 14.3 Å². The van der Waals surface area contributed by atoms with Gasteiger partial charge in [0.2, 0.25) is 0 Å². The van der Waals surface area contributed by atoms with Gasteiger partial charge >= 0.3 is 13.8 Å². The number of phosphoric ester groups is 1. The molecule has 0 aromatic rings. The van der Waals surface area contributed by atoms with E-state index in [-0.39, 0.29) is 32.2 Å². The zero-order valence-corrected chi connectivity index (χ0v) is 35.6.